The molecule has 1 aromatic heterocycles. The van der Waals surface area contributed by atoms with Crippen LogP contribution in [0, 0.1) is 0 Å². The highest BCUT2D eigenvalue weighted by atomic mass is 32.1. The lowest BCUT2D eigenvalue weighted by Gasteiger charge is -2.20. The Bertz CT molecular complexity index is 473. The van der Waals surface area contributed by atoms with Gasteiger partial charge in [0.15, 0.2) is 5.13 Å². The third-order valence-corrected chi connectivity index (χ3v) is 4.57. The molecule has 7 heteroatoms. The van der Waals surface area contributed by atoms with E-state index in [0.29, 0.717) is 16.7 Å². The fraction of sp³-hybridized carbons (Fsp3) is 0.692. The first-order valence-corrected chi connectivity index (χ1v) is 7.80. The summed E-state index contributed by atoms with van der Waals surface area (Å²) in [7, 11) is 4.10. The molecule has 0 spiro atoms. The van der Waals surface area contributed by atoms with Crippen LogP contribution in [-0.2, 0) is 0 Å². The lowest BCUT2D eigenvalue weighted by atomic mass is 10.2. The second-order valence-electron chi connectivity index (χ2n) is 5.32. The van der Waals surface area contributed by atoms with E-state index in [-0.39, 0.29) is 5.91 Å². The molecular weight excluding hydrogens is 274 g/mol. The molecule has 1 fully saturated rings. The second-order valence-corrected chi connectivity index (χ2v) is 6.32. The molecule has 6 nitrogen and oxygen atoms in total. The molecule has 1 aliphatic rings. The summed E-state index contributed by atoms with van der Waals surface area (Å²) in [5.74, 6) is 0.348. The lowest BCUT2D eigenvalue weighted by molar-refractivity contribution is 0.0788. The van der Waals surface area contributed by atoms with E-state index in [9.17, 15) is 4.79 Å². The van der Waals surface area contributed by atoms with E-state index in [1.165, 1.54) is 11.3 Å². The third-order valence-electron chi connectivity index (χ3n) is 3.55. The molecule has 0 radical (unpaired) electrons. The summed E-state index contributed by atoms with van der Waals surface area (Å²) in [6, 6.07) is 0.436. The van der Waals surface area contributed by atoms with Crippen LogP contribution in [0.5, 0.6) is 0 Å². The number of nitrogens with zero attached hydrogens (tertiary/aromatic N) is 3. The molecule has 112 valence electrons. The van der Waals surface area contributed by atoms with E-state index in [2.05, 4.69) is 22.1 Å². The molecule has 0 aromatic carbocycles. The van der Waals surface area contributed by atoms with Gasteiger partial charge >= 0.3 is 0 Å². The quantitative estimate of drug-likeness (QED) is 0.857. The van der Waals surface area contributed by atoms with Crippen LogP contribution in [0.25, 0.3) is 0 Å². The zero-order valence-corrected chi connectivity index (χ0v) is 13.2. The largest absolute Gasteiger partial charge is 0.382 e. The Labute approximate surface area is 124 Å². The van der Waals surface area contributed by atoms with Gasteiger partial charge in [-0.25, -0.2) is 4.98 Å². The van der Waals surface area contributed by atoms with Crippen molar-refractivity contribution < 1.29 is 4.79 Å². The number of carbonyl (C=O) groups is 1. The molecule has 1 aromatic rings. The summed E-state index contributed by atoms with van der Waals surface area (Å²) < 4.78 is 0. The standard InChI is InChI=1S/C13H23N5OS/c1-4-6-15-13-16-11(14)10(20-13)12(19)18-7-5-9(8-18)17(2)3/h9H,4-8,14H2,1-3H3,(H,15,16). The van der Waals surface area contributed by atoms with Gasteiger partial charge in [0.1, 0.15) is 10.7 Å². The molecule has 3 N–H and O–H groups in total. The molecule has 1 aliphatic heterocycles. The van der Waals surface area contributed by atoms with E-state index in [1.54, 1.807) is 0 Å². The van der Waals surface area contributed by atoms with Crippen LogP contribution in [0.3, 0.4) is 0 Å². The maximum absolute atomic E-state index is 12.5. The Hall–Kier alpha value is -1.34. The minimum Gasteiger partial charge on any atom is -0.382 e. The van der Waals surface area contributed by atoms with Crippen molar-refractivity contribution in [3.05, 3.63) is 4.88 Å². The number of likely N-dealkylation sites (N-methyl/N-ethyl adjacent to an activating group) is 1. The van der Waals surface area contributed by atoms with Crippen molar-refractivity contribution in [2.75, 3.05) is 44.8 Å². The number of nitrogens with one attached hydrogen (secondary N) is 1. The van der Waals surface area contributed by atoms with Crippen molar-refractivity contribution in [1.82, 2.24) is 14.8 Å². The highest BCUT2D eigenvalue weighted by Crippen LogP contribution is 2.28. The van der Waals surface area contributed by atoms with E-state index in [0.717, 1.165) is 37.6 Å². The Morgan fingerprint density at radius 2 is 2.35 bits per heavy atom. The highest BCUT2D eigenvalue weighted by Gasteiger charge is 2.30. The number of amides is 1. The minimum atomic E-state index is 0.00824. The number of anilines is 2. The van der Waals surface area contributed by atoms with Crippen molar-refractivity contribution in [3.63, 3.8) is 0 Å². The van der Waals surface area contributed by atoms with Crippen molar-refractivity contribution >= 4 is 28.2 Å². The minimum absolute atomic E-state index is 0.00824. The lowest BCUT2D eigenvalue weighted by Crippen LogP contribution is -2.34. The number of carbonyl (C=O) groups excluding carboxylic acids is 1. The van der Waals surface area contributed by atoms with Crippen LogP contribution in [0.2, 0.25) is 0 Å². The highest BCUT2D eigenvalue weighted by molar-refractivity contribution is 7.18. The number of hydrogen-bond donors (Lipinski definition) is 2. The zero-order valence-electron chi connectivity index (χ0n) is 12.3. The van der Waals surface area contributed by atoms with E-state index in [1.807, 2.05) is 19.0 Å². The second kappa shape index (κ2) is 6.41. The monoisotopic (exact) mass is 297 g/mol. The number of thiazole rings is 1. The van der Waals surface area contributed by atoms with Gasteiger partial charge < -0.3 is 20.9 Å². The fourth-order valence-corrected chi connectivity index (χ4v) is 3.16. The van der Waals surface area contributed by atoms with E-state index < -0.39 is 0 Å². The van der Waals surface area contributed by atoms with Gasteiger partial charge in [0, 0.05) is 25.7 Å². The number of aromatic nitrogens is 1. The van der Waals surface area contributed by atoms with Crippen LogP contribution in [0.1, 0.15) is 29.4 Å². The molecule has 1 unspecified atom stereocenters. The number of hydrogen-bond acceptors (Lipinski definition) is 6. The van der Waals surface area contributed by atoms with Crippen molar-refractivity contribution in [1.29, 1.82) is 0 Å². The maximum atomic E-state index is 12.5. The topological polar surface area (TPSA) is 74.5 Å². The van der Waals surface area contributed by atoms with E-state index >= 15 is 0 Å². The average molecular weight is 297 g/mol. The summed E-state index contributed by atoms with van der Waals surface area (Å²) in [5, 5.41) is 3.91. The van der Waals surface area contributed by atoms with Crippen LogP contribution in [-0.4, -0.2) is 60.5 Å². The number of likely N-dealkylation sites (tertiary alicyclic amines) is 1. The first kappa shape index (κ1) is 15.1. The third kappa shape index (κ3) is 3.21. The molecule has 0 saturated carbocycles. The Balaban J connectivity index is 2.04. The van der Waals surface area contributed by atoms with Crippen LogP contribution in [0.4, 0.5) is 10.9 Å². The Kier molecular flexibility index (Phi) is 4.82. The molecule has 1 amide bonds. The van der Waals surface area contributed by atoms with Crippen LogP contribution >= 0.6 is 11.3 Å². The van der Waals surface area contributed by atoms with Gasteiger partial charge in [-0.05, 0) is 26.9 Å². The number of rotatable bonds is 5. The number of nitrogen functional groups attached to an aromatic ring is 1. The number of nitrogens with two attached hydrogens (primary N) is 1. The molecule has 0 aliphatic carbocycles. The van der Waals surface area contributed by atoms with Gasteiger partial charge in [0.05, 0.1) is 0 Å². The van der Waals surface area contributed by atoms with Gasteiger partial charge in [-0.1, -0.05) is 18.3 Å². The van der Waals surface area contributed by atoms with Crippen molar-refractivity contribution in [2.24, 2.45) is 0 Å². The molecule has 0 bridgehead atoms. The summed E-state index contributed by atoms with van der Waals surface area (Å²) in [5.41, 5.74) is 5.88. The van der Waals surface area contributed by atoms with Crippen LogP contribution in [0.15, 0.2) is 0 Å². The van der Waals surface area contributed by atoms with Crippen molar-refractivity contribution in [2.45, 2.75) is 25.8 Å². The van der Waals surface area contributed by atoms with Crippen molar-refractivity contribution in [3.8, 4) is 0 Å². The van der Waals surface area contributed by atoms with Gasteiger partial charge in [-0.3, -0.25) is 4.79 Å². The molecule has 2 rings (SSSR count). The Morgan fingerprint density at radius 3 is 2.95 bits per heavy atom. The summed E-state index contributed by atoms with van der Waals surface area (Å²) in [4.78, 5) is 21.3. The molecule has 1 saturated heterocycles. The first-order valence-electron chi connectivity index (χ1n) is 6.98. The first-order chi connectivity index (χ1) is 9.52. The summed E-state index contributed by atoms with van der Waals surface area (Å²) in [6.07, 6.45) is 2.03. The molecule has 1 atom stereocenters. The maximum Gasteiger partial charge on any atom is 0.267 e. The SMILES string of the molecule is CCCNc1nc(N)c(C(=O)N2CCC(N(C)C)C2)s1. The Morgan fingerprint density at radius 1 is 1.60 bits per heavy atom. The summed E-state index contributed by atoms with van der Waals surface area (Å²) in [6.45, 7) is 4.48. The zero-order chi connectivity index (χ0) is 14.7. The molecule has 20 heavy (non-hydrogen) atoms. The predicted octanol–water partition coefficient (Wildman–Crippen LogP) is 1.32. The van der Waals surface area contributed by atoms with E-state index in [4.69, 9.17) is 5.73 Å². The smallest absolute Gasteiger partial charge is 0.267 e. The molecule has 2 heterocycles. The van der Waals surface area contributed by atoms with Gasteiger partial charge in [-0.15, -0.1) is 0 Å². The van der Waals surface area contributed by atoms with Gasteiger partial charge in [-0.2, -0.15) is 0 Å². The summed E-state index contributed by atoms with van der Waals surface area (Å²) >= 11 is 1.35. The van der Waals surface area contributed by atoms with Crippen LogP contribution < -0.4 is 11.1 Å². The van der Waals surface area contributed by atoms with Gasteiger partial charge in [0.2, 0.25) is 0 Å². The normalized spacial score (nSPS) is 18.8. The fourth-order valence-electron chi connectivity index (χ4n) is 2.28. The average Bonchev–Trinajstić information content (AvgIpc) is 3.02. The molecular formula is C13H23N5OS. The van der Waals surface area contributed by atoms with Gasteiger partial charge in [0.25, 0.3) is 5.91 Å². The predicted molar refractivity (Wildman–Crippen MR) is 83.3 cm³/mol.